The maximum Gasteiger partial charge on any atom is 0.166 e. The van der Waals surface area contributed by atoms with Gasteiger partial charge in [-0.3, -0.25) is 0 Å². The van der Waals surface area contributed by atoms with Crippen LogP contribution >= 0.6 is 0 Å². The number of benzene rings is 1. The average Bonchev–Trinajstić information content (AvgIpc) is 2.99. The fourth-order valence-electron chi connectivity index (χ4n) is 3.63. The van der Waals surface area contributed by atoms with Crippen molar-refractivity contribution in [2.75, 3.05) is 0 Å². The predicted octanol–water partition coefficient (Wildman–Crippen LogP) is 4.11. The lowest BCUT2D eigenvalue weighted by atomic mass is 9.80. The third-order valence-corrected chi connectivity index (χ3v) is 4.72. The summed E-state index contributed by atoms with van der Waals surface area (Å²) in [6, 6.07) is 10.2. The second kappa shape index (κ2) is 5.52. The van der Waals surface area contributed by atoms with Crippen molar-refractivity contribution >= 4 is 11.0 Å². The number of para-hydroxylation sites is 1. The van der Waals surface area contributed by atoms with Gasteiger partial charge in [0.25, 0.3) is 0 Å². The molecule has 4 nitrogen and oxygen atoms in total. The molecule has 4 rings (SSSR count). The van der Waals surface area contributed by atoms with Crippen LogP contribution in [0.4, 0.5) is 0 Å². The van der Waals surface area contributed by atoms with Crippen molar-refractivity contribution in [2.24, 2.45) is 5.92 Å². The first-order chi connectivity index (χ1) is 10.8. The summed E-state index contributed by atoms with van der Waals surface area (Å²) in [6.45, 7) is 2.35. The normalized spacial score (nSPS) is 22.0. The summed E-state index contributed by atoms with van der Waals surface area (Å²) in [4.78, 5) is 9.09. The number of rotatable bonds is 2. The van der Waals surface area contributed by atoms with E-state index >= 15 is 0 Å². The Morgan fingerprint density at radius 1 is 1.09 bits per heavy atom. The van der Waals surface area contributed by atoms with Crippen LogP contribution in [0.2, 0.25) is 0 Å². The van der Waals surface area contributed by atoms with Gasteiger partial charge >= 0.3 is 0 Å². The largest absolute Gasteiger partial charge is 0.240 e. The molecule has 22 heavy (non-hydrogen) atoms. The number of hydrogen-bond acceptors (Lipinski definition) is 3. The molecular formula is C18H20N4. The molecule has 0 unspecified atom stereocenters. The lowest BCUT2D eigenvalue weighted by molar-refractivity contribution is 0.341. The van der Waals surface area contributed by atoms with Crippen molar-refractivity contribution < 1.29 is 0 Å². The average molecular weight is 292 g/mol. The summed E-state index contributed by atoms with van der Waals surface area (Å²) in [5.74, 6) is 1.33. The number of nitrogens with zero attached hydrogens (tertiary/aromatic N) is 4. The molecule has 2 atom stereocenters. The zero-order valence-corrected chi connectivity index (χ0v) is 12.8. The van der Waals surface area contributed by atoms with Crippen LogP contribution in [-0.4, -0.2) is 19.7 Å². The molecule has 0 aliphatic heterocycles. The van der Waals surface area contributed by atoms with Crippen molar-refractivity contribution in [3.63, 3.8) is 0 Å². The van der Waals surface area contributed by atoms with Crippen LogP contribution in [0.25, 0.3) is 16.7 Å². The smallest absolute Gasteiger partial charge is 0.166 e. The first-order valence-electron chi connectivity index (χ1n) is 8.07. The summed E-state index contributed by atoms with van der Waals surface area (Å²) in [6.07, 6.45) is 8.71. The van der Waals surface area contributed by atoms with E-state index in [-0.39, 0.29) is 0 Å². The molecule has 0 radical (unpaired) electrons. The van der Waals surface area contributed by atoms with Gasteiger partial charge in [-0.05, 0) is 30.9 Å². The maximum atomic E-state index is 4.61. The molecule has 0 amide bonds. The van der Waals surface area contributed by atoms with Crippen molar-refractivity contribution in [2.45, 2.75) is 38.5 Å². The molecule has 0 saturated heterocycles. The lowest BCUT2D eigenvalue weighted by Gasteiger charge is -2.26. The molecule has 2 aromatic heterocycles. The SMILES string of the molecule is C[C@@H]1CCC[C@@H](c2ncnc3c2cnn3-c2ccccc2)C1. The first kappa shape index (κ1) is 13.4. The molecule has 0 N–H and O–H groups in total. The van der Waals surface area contributed by atoms with Crippen LogP contribution < -0.4 is 0 Å². The standard InChI is InChI=1S/C18H20N4/c1-13-6-5-7-14(10-13)17-16-11-21-22(18(16)20-12-19-17)15-8-3-2-4-9-15/h2-4,8-9,11-14H,5-7,10H2,1H3/t13-,14-/m1/s1. The number of hydrogen-bond donors (Lipinski definition) is 0. The van der Waals surface area contributed by atoms with Gasteiger partial charge in [0.1, 0.15) is 6.33 Å². The molecule has 0 spiro atoms. The van der Waals surface area contributed by atoms with Gasteiger partial charge in [-0.25, -0.2) is 14.6 Å². The summed E-state index contributed by atoms with van der Waals surface area (Å²) in [5.41, 5.74) is 3.13. The van der Waals surface area contributed by atoms with E-state index in [1.54, 1.807) is 6.33 Å². The van der Waals surface area contributed by atoms with E-state index in [9.17, 15) is 0 Å². The fraction of sp³-hybridized carbons (Fsp3) is 0.389. The number of fused-ring (bicyclic) bond motifs is 1. The van der Waals surface area contributed by atoms with E-state index in [0.29, 0.717) is 5.92 Å². The summed E-state index contributed by atoms with van der Waals surface area (Å²) < 4.78 is 1.91. The highest BCUT2D eigenvalue weighted by Crippen LogP contribution is 2.37. The molecular weight excluding hydrogens is 272 g/mol. The van der Waals surface area contributed by atoms with E-state index in [1.165, 1.54) is 31.4 Å². The Hall–Kier alpha value is -2.23. The molecule has 2 heterocycles. The van der Waals surface area contributed by atoms with Gasteiger partial charge < -0.3 is 0 Å². The maximum absolute atomic E-state index is 4.61. The van der Waals surface area contributed by atoms with Gasteiger partial charge in [-0.1, -0.05) is 38.0 Å². The van der Waals surface area contributed by atoms with E-state index in [2.05, 4.69) is 34.1 Å². The minimum Gasteiger partial charge on any atom is -0.240 e. The molecule has 1 aliphatic carbocycles. The Morgan fingerprint density at radius 3 is 2.77 bits per heavy atom. The van der Waals surface area contributed by atoms with Crippen LogP contribution in [0.1, 0.15) is 44.2 Å². The Balaban J connectivity index is 1.80. The zero-order valence-electron chi connectivity index (χ0n) is 12.8. The van der Waals surface area contributed by atoms with Crippen molar-refractivity contribution in [1.29, 1.82) is 0 Å². The monoisotopic (exact) mass is 292 g/mol. The Kier molecular flexibility index (Phi) is 3.37. The minimum absolute atomic E-state index is 0.544. The van der Waals surface area contributed by atoms with E-state index < -0.39 is 0 Å². The lowest BCUT2D eigenvalue weighted by Crippen LogP contribution is -2.13. The predicted molar refractivity (Wildman–Crippen MR) is 87.0 cm³/mol. The fourth-order valence-corrected chi connectivity index (χ4v) is 3.63. The number of aromatic nitrogens is 4. The molecule has 1 aliphatic rings. The quantitative estimate of drug-likeness (QED) is 0.714. The van der Waals surface area contributed by atoms with Crippen LogP contribution in [0.5, 0.6) is 0 Å². The van der Waals surface area contributed by atoms with E-state index in [4.69, 9.17) is 0 Å². The molecule has 0 bridgehead atoms. The molecule has 4 heteroatoms. The van der Waals surface area contributed by atoms with Gasteiger partial charge in [-0.15, -0.1) is 0 Å². The van der Waals surface area contributed by atoms with Gasteiger partial charge in [0.15, 0.2) is 5.65 Å². The topological polar surface area (TPSA) is 43.6 Å². The molecule has 112 valence electrons. The van der Waals surface area contributed by atoms with Gasteiger partial charge in [-0.2, -0.15) is 5.10 Å². The van der Waals surface area contributed by atoms with Gasteiger partial charge in [0, 0.05) is 5.92 Å². The van der Waals surface area contributed by atoms with E-state index in [1.807, 2.05) is 29.1 Å². The summed E-state index contributed by atoms with van der Waals surface area (Å²) in [5, 5.41) is 5.66. The molecule has 1 saturated carbocycles. The third kappa shape index (κ3) is 2.28. The van der Waals surface area contributed by atoms with Crippen molar-refractivity contribution in [3.8, 4) is 5.69 Å². The van der Waals surface area contributed by atoms with Crippen molar-refractivity contribution in [3.05, 3.63) is 48.5 Å². The Morgan fingerprint density at radius 2 is 1.95 bits per heavy atom. The summed E-state index contributed by atoms with van der Waals surface area (Å²) in [7, 11) is 0. The second-order valence-electron chi connectivity index (χ2n) is 6.36. The highest BCUT2D eigenvalue weighted by molar-refractivity contribution is 5.79. The van der Waals surface area contributed by atoms with Gasteiger partial charge in [0.05, 0.1) is 23.0 Å². The zero-order chi connectivity index (χ0) is 14.9. The second-order valence-corrected chi connectivity index (χ2v) is 6.36. The van der Waals surface area contributed by atoms with Crippen molar-refractivity contribution in [1.82, 2.24) is 19.7 Å². The first-order valence-corrected chi connectivity index (χ1v) is 8.07. The van der Waals surface area contributed by atoms with Crippen LogP contribution in [0, 0.1) is 5.92 Å². The van der Waals surface area contributed by atoms with Crippen LogP contribution in [0.15, 0.2) is 42.9 Å². The van der Waals surface area contributed by atoms with Gasteiger partial charge in [0.2, 0.25) is 0 Å². The van der Waals surface area contributed by atoms with E-state index in [0.717, 1.165) is 22.6 Å². The highest BCUT2D eigenvalue weighted by atomic mass is 15.3. The minimum atomic E-state index is 0.544. The Bertz CT molecular complexity index is 778. The molecule has 1 fully saturated rings. The van der Waals surface area contributed by atoms with Crippen LogP contribution in [0.3, 0.4) is 0 Å². The molecule has 3 aromatic rings. The molecule has 1 aromatic carbocycles. The summed E-state index contributed by atoms with van der Waals surface area (Å²) >= 11 is 0. The highest BCUT2D eigenvalue weighted by Gasteiger charge is 2.24. The Labute approximate surface area is 130 Å². The third-order valence-electron chi connectivity index (χ3n) is 4.72. The van der Waals surface area contributed by atoms with Crippen LogP contribution in [-0.2, 0) is 0 Å².